The molecule has 0 spiro atoms. The second-order valence-corrected chi connectivity index (χ2v) is 14.2. The average molecular weight is 561 g/mol. The van der Waals surface area contributed by atoms with Crippen LogP contribution in [0.2, 0.25) is 0 Å². The minimum Gasteiger partial charge on any atom is -0.318 e. The van der Waals surface area contributed by atoms with Gasteiger partial charge in [-0.2, -0.15) is 0 Å². The number of nitrogens with two attached hydrogens (primary N) is 1. The maximum Gasteiger partial charge on any atom is 0.250 e. The Kier molecular flexibility index (Phi) is 8.90. The molecule has 0 fully saturated rings. The zero-order valence-corrected chi connectivity index (χ0v) is 23.8. The van der Waals surface area contributed by atoms with Gasteiger partial charge in [0.1, 0.15) is 5.82 Å². The zero-order chi connectivity index (χ0) is 28.4. The lowest BCUT2D eigenvalue weighted by molar-refractivity contribution is 0.103. The summed E-state index contributed by atoms with van der Waals surface area (Å²) in [7, 11) is -3.40. The van der Waals surface area contributed by atoms with Gasteiger partial charge in [0, 0.05) is 41.8 Å². The normalized spacial score (nSPS) is 13.8. The lowest BCUT2D eigenvalue weighted by atomic mass is 9.84. The highest BCUT2D eigenvalue weighted by atomic mass is 32.2. The molecule has 7 nitrogen and oxygen atoms in total. The van der Waals surface area contributed by atoms with Gasteiger partial charge in [0.25, 0.3) is 5.56 Å². The van der Waals surface area contributed by atoms with E-state index in [9.17, 15) is 26.6 Å². The molecule has 0 aliphatic rings. The van der Waals surface area contributed by atoms with E-state index >= 15 is 0 Å². The van der Waals surface area contributed by atoms with Crippen molar-refractivity contribution in [3.8, 4) is 11.1 Å². The van der Waals surface area contributed by atoms with Gasteiger partial charge < -0.3 is 4.57 Å². The van der Waals surface area contributed by atoms with Gasteiger partial charge in [-0.3, -0.25) is 14.7 Å². The highest BCUT2D eigenvalue weighted by Gasteiger charge is 2.29. The third-order valence-corrected chi connectivity index (χ3v) is 9.59. The summed E-state index contributed by atoms with van der Waals surface area (Å²) < 4.78 is 51.1. The van der Waals surface area contributed by atoms with E-state index in [4.69, 9.17) is 5.14 Å². The number of carbonyl (C=O) groups excluding carboxylic acids is 1. The van der Waals surface area contributed by atoms with Crippen LogP contribution in [0.1, 0.15) is 67.1 Å². The molecular formula is C28H33FN2O5S2. The predicted octanol–water partition coefficient (Wildman–Crippen LogP) is 4.25. The Labute approximate surface area is 225 Å². The first-order valence-electron chi connectivity index (χ1n) is 12.2. The van der Waals surface area contributed by atoms with Crippen LogP contribution in [-0.2, 0) is 33.6 Å². The lowest BCUT2D eigenvalue weighted by Crippen LogP contribution is -2.33. The summed E-state index contributed by atoms with van der Waals surface area (Å²) in [6.45, 7) is 7.01. The quantitative estimate of drug-likeness (QED) is 0.372. The first-order chi connectivity index (χ1) is 17.6. The van der Waals surface area contributed by atoms with Crippen LogP contribution in [0.15, 0.2) is 59.5 Å². The van der Waals surface area contributed by atoms with Crippen molar-refractivity contribution in [3.05, 3.63) is 93.2 Å². The van der Waals surface area contributed by atoms with E-state index in [2.05, 4.69) is 0 Å². The Bertz CT molecular complexity index is 1540. The molecule has 3 rings (SSSR count). The largest absolute Gasteiger partial charge is 0.318 e. The molecule has 0 saturated carbocycles. The van der Waals surface area contributed by atoms with Gasteiger partial charge in [-0.1, -0.05) is 26.0 Å². The fourth-order valence-corrected chi connectivity index (χ4v) is 5.73. The minimum absolute atomic E-state index is 0.0357. The first-order valence-corrected chi connectivity index (χ1v) is 15.2. The highest BCUT2D eigenvalue weighted by Crippen LogP contribution is 2.37. The third kappa shape index (κ3) is 6.73. The van der Waals surface area contributed by atoms with E-state index in [1.54, 1.807) is 52.2 Å². The van der Waals surface area contributed by atoms with E-state index in [-0.39, 0.29) is 39.9 Å². The molecule has 204 valence electrons. The molecule has 2 aromatic carbocycles. The molecule has 2 atom stereocenters. The van der Waals surface area contributed by atoms with Crippen molar-refractivity contribution in [1.82, 2.24) is 4.57 Å². The van der Waals surface area contributed by atoms with Crippen LogP contribution in [0.3, 0.4) is 0 Å². The summed E-state index contributed by atoms with van der Waals surface area (Å²) in [5.41, 5.74) is 2.41. The second-order valence-electron chi connectivity index (χ2n) is 10.1. The summed E-state index contributed by atoms with van der Waals surface area (Å²) in [5.74, 6) is -1.38. The Hall–Kier alpha value is -2.95. The van der Waals surface area contributed by atoms with Gasteiger partial charge in [0.15, 0.2) is 15.6 Å². The topological polar surface area (TPSA) is 116 Å². The van der Waals surface area contributed by atoms with Gasteiger partial charge in [-0.05, 0) is 73.2 Å². The summed E-state index contributed by atoms with van der Waals surface area (Å²) >= 11 is 0. The number of pyridine rings is 1. The van der Waals surface area contributed by atoms with Crippen molar-refractivity contribution in [2.24, 2.45) is 12.2 Å². The number of sulfone groups is 1. The number of halogens is 1. The number of rotatable bonds is 10. The van der Waals surface area contributed by atoms with Crippen LogP contribution in [-0.4, -0.2) is 33.5 Å². The fourth-order valence-electron chi connectivity index (χ4n) is 4.42. The molecule has 0 saturated heterocycles. The first kappa shape index (κ1) is 29.6. The fraction of sp³-hybridized carbons (Fsp3) is 0.357. The third-order valence-electron chi connectivity index (χ3n) is 6.69. The highest BCUT2D eigenvalue weighted by molar-refractivity contribution is 7.90. The monoisotopic (exact) mass is 560 g/mol. The van der Waals surface area contributed by atoms with Crippen molar-refractivity contribution in [2.45, 2.75) is 50.5 Å². The Balaban J connectivity index is 2.29. The van der Waals surface area contributed by atoms with Gasteiger partial charge in [0.2, 0.25) is 0 Å². The Morgan fingerprint density at radius 3 is 2.32 bits per heavy atom. The molecule has 1 aromatic heterocycles. The minimum atomic E-state index is -3.37. The Morgan fingerprint density at radius 2 is 1.74 bits per heavy atom. The number of carbonyl (C=O) groups is 1. The molecule has 0 aliphatic heterocycles. The molecule has 0 bridgehead atoms. The van der Waals surface area contributed by atoms with Crippen molar-refractivity contribution < 1.29 is 21.8 Å². The van der Waals surface area contributed by atoms with Gasteiger partial charge in [-0.25, -0.2) is 17.0 Å². The molecule has 3 aromatic rings. The van der Waals surface area contributed by atoms with Crippen molar-refractivity contribution in [2.75, 3.05) is 5.75 Å². The van der Waals surface area contributed by atoms with E-state index < -0.39 is 31.4 Å². The van der Waals surface area contributed by atoms with E-state index in [0.29, 0.717) is 28.7 Å². The Morgan fingerprint density at radius 1 is 1.11 bits per heavy atom. The molecule has 1 heterocycles. The molecule has 0 aliphatic carbocycles. The SMILES string of the molecule is CCS(=O)(=O)Cc1ccc(C(=O)c2ccc(F)cc2)c(-c2cn(C)c(=O)cc2[C@@H](C)CC(C)(C)S(N)=O)c1. The maximum atomic E-state index is 13.6. The van der Waals surface area contributed by atoms with Crippen LogP contribution in [0.25, 0.3) is 11.1 Å². The number of nitrogens with zero attached hydrogens (tertiary/aromatic N) is 1. The van der Waals surface area contributed by atoms with Gasteiger partial charge in [0.05, 0.1) is 21.5 Å². The number of ketones is 1. The zero-order valence-electron chi connectivity index (χ0n) is 22.2. The number of aromatic nitrogens is 1. The molecule has 2 N–H and O–H groups in total. The summed E-state index contributed by atoms with van der Waals surface area (Å²) in [4.78, 5) is 26.3. The lowest BCUT2D eigenvalue weighted by Gasteiger charge is -2.27. The molecule has 38 heavy (non-hydrogen) atoms. The van der Waals surface area contributed by atoms with Crippen LogP contribution in [0, 0.1) is 5.82 Å². The van der Waals surface area contributed by atoms with E-state index in [1.165, 1.54) is 34.9 Å². The van der Waals surface area contributed by atoms with E-state index in [0.717, 1.165) is 0 Å². The predicted molar refractivity (Wildman–Crippen MR) is 150 cm³/mol. The van der Waals surface area contributed by atoms with Crippen LogP contribution < -0.4 is 10.7 Å². The average Bonchev–Trinajstić information content (AvgIpc) is 2.84. The second kappa shape index (κ2) is 11.4. The molecule has 1 unspecified atom stereocenters. The maximum absolute atomic E-state index is 13.6. The summed E-state index contributed by atoms with van der Waals surface area (Å²) in [6.07, 6.45) is 2.01. The van der Waals surface area contributed by atoms with Crippen molar-refractivity contribution in [1.29, 1.82) is 0 Å². The summed E-state index contributed by atoms with van der Waals surface area (Å²) in [5, 5.41) is 5.71. The molecule has 10 heteroatoms. The standard InChI is InChI=1S/C28H33FN2O5S2/c1-6-38(35,36)17-19-7-12-22(27(33)20-8-10-21(29)11-9-20)24(13-19)25-16-31(5)26(32)14-23(25)18(2)15-28(3,4)37(30)34/h7-14,16,18H,6,15,17,30H2,1-5H3/t18-,37?/m0/s1. The number of hydrogen-bond donors (Lipinski definition) is 1. The molecule has 0 amide bonds. The van der Waals surface area contributed by atoms with Crippen LogP contribution >= 0.6 is 0 Å². The molecular weight excluding hydrogens is 527 g/mol. The number of hydrogen-bond acceptors (Lipinski definition) is 5. The van der Waals surface area contributed by atoms with Crippen molar-refractivity contribution in [3.63, 3.8) is 0 Å². The smallest absolute Gasteiger partial charge is 0.250 e. The number of aryl methyl sites for hydroxylation is 1. The van der Waals surface area contributed by atoms with Gasteiger partial charge in [-0.15, -0.1) is 0 Å². The van der Waals surface area contributed by atoms with Crippen LogP contribution in [0.4, 0.5) is 4.39 Å². The van der Waals surface area contributed by atoms with E-state index in [1.807, 2.05) is 6.92 Å². The molecule has 0 radical (unpaired) electrons. The van der Waals surface area contributed by atoms with Crippen LogP contribution in [0.5, 0.6) is 0 Å². The van der Waals surface area contributed by atoms with Crippen molar-refractivity contribution >= 4 is 26.6 Å². The number of benzene rings is 2. The summed E-state index contributed by atoms with van der Waals surface area (Å²) in [6, 6.07) is 11.5. The van der Waals surface area contributed by atoms with Gasteiger partial charge >= 0.3 is 0 Å².